The molecular weight excluding hydrogens is 194 g/mol. The van der Waals surface area contributed by atoms with E-state index in [2.05, 4.69) is 25.2 Å². The van der Waals surface area contributed by atoms with Gasteiger partial charge in [-0.05, 0) is 23.5 Å². The molecule has 0 amide bonds. The van der Waals surface area contributed by atoms with E-state index in [1.807, 2.05) is 18.2 Å². The summed E-state index contributed by atoms with van der Waals surface area (Å²) in [4.78, 5) is 0. The van der Waals surface area contributed by atoms with E-state index in [4.69, 9.17) is 11.6 Å². The summed E-state index contributed by atoms with van der Waals surface area (Å²) in [6.07, 6.45) is 1.16. The molecule has 14 heavy (non-hydrogen) atoms. The Balaban J connectivity index is 2.22. The second-order valence-corrected chi connectivity index (χ2v) is 5.23. The first-order chi connectivity index (χ1) is 6.58. The van der Waals surface area contributed by atoms with Crippen LogP contribution in [-0.2, 0) is 0 Å². The molecule has 0 aromatic heterocycles. The van der Waals surface area contributed by atoms with Crippen molar-refractivity contribution >= 4 is 11.6 Å². The molecule has 1 aromatic rings. The third-order valence-corrected chi connectivity index (χ3v) is 3.21. The highest BCUT2D eigenvalue weighted by molar-refractivity contribution is 6.31. The molecule has 0 unspecified atom stereocenters. The maximum absolute atomic E-state index is 6.16. The zero-order valence-electron chi connectivity index (χ0n) is 8.68. The minimum absolute atomic E-state index is 0.393. The van der Waals surface area contributed by atoms with E-state index in [1.165, 1.54) is 5.56 Å². The van der Waals surface area contributed by atoms with Crippen LogP contribution in [0.3, 0.4) is 0 Å². The van der Waals surface area contributed by atoms with Gasteiger partial charge in [-0.25, -0.2) is 0 Å². The maximum Gasteiger partial charge on any atom is 0.0453 e. The highest BCUT2D eigenvalue weighted by atomic mass is 35.5. The van der Waals surface area contributed by atoms with E-state index in [-0.39, 0.29) is 0 Å². The third kappa shape index (κ3) is 1.94. The first kappa shape index (κ1) is 10.0. The normalized spacial score (nSPS) is 25.2. The van der Waals surface area contributed by atoms with Gasteiger partial charge in [-0.3, -0.25) is 0 Å². The van der Waals surface area contributed by atoms with Gasteiger partial charge in [-0.15, -0.1) is 0 Å². The number of benzene rings is 1. The second kappa shape index (κ2) is 3.56. The summed E-state index contributed by atoms with van der Waals surface area (Å²) in [5, 5.41) is 4.40. The molecule has 0 saturated carbocycles. The third-order valence-electron chi connectivity index (χ3n) is 2.86. The van der Waals surface area contributed by atoms with Gasteiger partial charge in [0.15, 0.2) is 0 Å². The van der Waals surface area contributed by atoms with Crippen molar-refractivity contribution < 1.29 is 0 Å². The molecule has 1 nitrogen and oxygen atoms in total. The summed E-state index contributed by atoms with van der Waals surface area (Å²) in [5.74, 6) is 0. The summed E-state index contributed by atoms with van der Waals surface area (Å²) in [6, 6.07) is 8.53. The molecule has 0 radical (unpaired) electrons. The predicted molar refractivity (Wildman–Crippen MR) is 60.6 cm³/mol. The van der Waals surface area contributed by atoms with E-state index in [1.54, 1.807) is 0 Å². The Morgan fingerprint density at radius 3 is 2.64 bits per heavy atom. The number of hydrogen-bond acceptors (Lipinski definition) is 1. The zero-order valence-corrected chi connectivity index (χ0v) is 9.43. The SMILES string of the molecule is CC1(C)CN[C@@H](c2ccccc2Cl)C1. The number of hydrogen-bond donors (Lipinski definition) is 1. The molecule has 1 aliphatic rings. The van der Waals surface area contributed by atoms with E-state index < -0.39 is 0 Å². The number of halogens is 1. The molecule has 1 aliphatic heterocycles. The monoisotopic (exact) mass is 209 g/mol. The Morgan fingerprint density at radius 1 is 1.36 bits per heavy atom. The van der Waals surface area contributed by atoms with Crippen LogP contribution in [0.1, 0.15) is 31.9 Å². The number of nitrogens with one attached hydrogen (secondary N) is 1. The molecule has 1 fully saturated rings. The van der Waals surface area contributed by atoms with Crippen molar-refractivity contribution in [3.63, 3.8) is 0 Å². The Morgan fingerprint density at radius 2 is 2.07 bits per heavy atom. The molecule has 1 saturated heterocycles. The van der Waals surface area contributed by atoms with Gasteiger partial charge >= 0.3 is 0 Å². The van der Waals surface area contributed by atoms with Gasteiger partial charge in [-0.1, -0.05) is 43.6 Å². The minimum Gasteiger partial charge on any atom is -0.309 e. The molecule has 1 heterocycles. The van der Waals surface area contributed by atoms with Crippen molar-refractivity contribution in [3.8, 4) is 0 Å². The highest BCUT2D eigenvalue weighted by Crippen LogP contribution is 2.37. The predicted octanol–water partition coefficient (Wildman–Crippen LogP) is 3.40. The fourth-order valence-corrected chi connectivity index (χ4v) is 2.34. The quantitative estimate of drug-likeness (QED) is 0.748. The Bertz CT molecular complexity index is 333. The van der Waals surface area contributed by atoms with Crippen molar-refractivity contribution in [1.82, 2.24) is 5.32 Å². The molecule has 1 aromatic carbocycles. The fourth-order valence-electron chi connectivity index (χ4n) is 2.07. The summed E-state index contributed by atoms with van der Waals surface area (Å²) in [5.41, 5.74) is 1.63. The molecule has 0 aliphatic carbocycles. The van der Waals surface area contributed by atoms with Crippen LogP contribution in [0.4, 0.5) is 0 Å². The first-order valence-corrected chi connectivity index (χ1v) is 5.44. The van der Waals surface area contributed by atoms with Crippen LogP contribution in [0.2, 0.25) is 5.02 Å². The van der Waals surface area contributed by atoms with Crippen LogP contribution in [0.5, 0.6) is 0 Å². The highest BCUT2D eigenvalue weighted by Gasteiger charge is 2.31. The summed E-state index contributed by atoms with van der Waals surface area (Å²) < 4.78 is 0. The van der Waals surface area contributed by atoms with Crippen LogP contribution in [0.15, 0.2) is 24.3 Å². The van der Waals surface area contributed by atoms with Gasteiger partial charge in [0.25, 0.3) is 0 Å². The molecule has 2 rings (SSSR count). The molecule has 76 valence electrons. The standard InChI is InChI=1S/C12H16ClN/c1-12(2)7-11(14-8-12)9-5-3-4-6-10(9)13/h3-6,11,14H,7-8H2,1-2H3/t11-/m1/s1. The van der Waals surface area contributed by atoms with Crippen LogP contribution in [-0.4, -0.2) is 6.54 Å². The van der Waals surface area contributed by atoms with Crippen molar-refractivity contribution in [2.75, 3.05) is 6.54 Å². The summed E-state index contributed by atoms with van der Waals surface area (Å²) in [7, 11) is 0. The van der Waals surface area contributed by atoms with E-state index in [0.29, 0.717) is 11.5 Å². The van der Waals surface area contributed by atoms with E-state index >= 15 is 0 Å². The molecule has 0 spiro atoms. The molecule has 1 N–H and O–H groups in total. The Labute approximate surface area is 90.5 Å². The van der Waals surface area contributed by atoms with Gasteiger partial charge in [0, 0.05) is 17.6 Å². The zero-order chi connectivity index (χ0) is 10.2. The van der Waals surface area contributed by atoms with Gasteiger partial charge in [0.05, 0.1) is 0 Å². The maximum atomic E-state index is 6.16. The lowest BCUT2D eigenvalue weighted by molar-refractivity contribution is 0.403. The smallest absolute Gasteiger partial charge is 0.0453 e. The summed E-state index contributed by atoms with van der Waals surface area (Å²) >= 11 is 6.16. The Kier molecular flexibility index (Phi) is 2.54. The van der Waals surface area contributed by atoms with E-state index in [9.17, 15) is 0 Å². The van der Waals surface area contributed by atoms with Gasteiger partial charge < -0.3 is 5.32 Å². The van der Waals surface area contributed by atoms with Crippen LogP contribution >= 0.6 is 11.6 Å². The van der Waals surface area contributed by atoms with Gasteiger partial charge in [0.1, 0.15) is 0 Å². The van der Waals surface area contributed by atoms with Crippen LogP contribution in [0, 0.1) is 5.41 Å². The lowest BCUT2D eigenvalue weighted by Crippen LogP contribution is -2.16. The first-order valence-electron chi connectivity index (χ1n) is 5.06. The van der Waals surface area contributed by atoms with E-state index in [0.717, 1.165) is 18.0 Å². The van der Waals surface area contributed by atoms with Gasteiger partial charge in [0.2, 0.25) is 0 Å². The Hall–Kier alpha value is -0.530. The molecule has 0 bridgehead atoms. The van der Waals surface area contributed by atoms with Crippen LogP contribution < -0.4 is 5.32 Å². The minimum atomic E-state index is 0.393. The largest absolute Gasteiger partial charge is 0.309 e. The second-order valence-electron chi connectivity index (χ2n) is 4.82. The average molecular weight is 210 g/mol. The molecule has 2 heteroatoms. The van der Waals surface area contributed by atoms with Crippen molar-refractivity contribution in [2.24, 2.45) is 5.41 Å². The average Bonchev–Trinajstić information content (AvgIpc) is 2.47. The molecule has 1 atom stereocenters. The lowest BCUT2D eigenvalue weighted by atomic mass is 9.89. The number of rotatable bonds is 1. The summed E-state index contributed by atoms with van der Waals surface area (Å²) in [6.45, 7) is 5.65. The van der Waals surface area contributed by atoms with Crippen molar-refractivity contribution in [3.05, 3.63) is 34.9 Å². The van der Waals surface area contributed by atoms with Crippen LogP contribution in [0.25, 0.3) is 0 Å². The fraction of sp³-hybridized carbons (Fsp3) is 0.500. The van der Waals surface area contributed by atoms with Gasteiger partial charge in [-0.2, -0.15) is 0 Å². The van der Waals surface area contributed by atoms with Crippen molar-refractivity contribution in [1.29, 1.82) is 0 Å². The lowest BCUT2D eigenvalue weighted by Gasteiger charge is -2.16. The van der Waals surface area contributed by atoms with Crippen molar-refractivity contribution in [2.45, 2.75) is 26.3 Å². The molecular formula is C12H16ClN. The topological polar surface area (TPSA) is 12.0 Å².